The van der Waals surface area contributed by atoms with E-state index in [0.29, 0.717) is 21.9 Å². The van der Waals surface area contributed by atoms with Gasteiger partial charge in [0.15, 0.2) is 0 Å². The molecule has 2 aliphatic heterocycles. The highest BCUT2D eigenvalue weighted by atomic mass is 35.5. The van der Waals surface area contributed by atoms with E-state index in [1.807, 2.05) is 18.2 Å². The van der Waals surface area contributed by atoms with Gasteiger partial charge in [0.1, 0.15) is 0 Å². The lowest BCUT2D eigenvalue weighted by atomic mass is 9.96. The predicted molar refractivity (Wildman–Crippen MR) is 99.7 cm³/mol. The molecule has 2 fully saturated rings. The lowest BCUT2D eigenvalue weighted by Crippen LogP contribution is -2.47. The Hall–Kier alpha value is -0.360. The van der Waals surface area contributed by atoms with E-state index in [1.54, 1.807) is 0 Å². The van der Waals surface area contributed by atoms with Crippen LogP contribution in [0.5, 0.6) is 0 Å². The van der Waals surface area contributed by atoms with Gasteiger partial charge < -0.3 is 14.9 Å². The lowest BCUT2D eigenvalue weighted by Gasteiger charge is -2.34. The Bertz CT molecular complexity index is 549. The molecule has 2 aliphatic rings. The van der Waals surface area contributed by atoms with Crippen LogP contribution in [0, 0.1) is 11.8 Å². The number of piperazine rings is 1. The molecule has 0 aliphatic carbocycles. The van der Waals surface area contributed by atoms with E-state index in [1.165, 1.54) is 0 Å². The lowest BCUT2D eigenvalue weighted by molar-refractivity contribution is 0.116. The maximum Gasteiger partial charge on any atom is 0.0637 e. The van der Waals surface area contributed by atoms with Gasteiger partial charge >= 0.3 is 0 Å². The van der Waals surface area contributed by atoms with Crippen molar-refractivity contribution in [2.45, 2.75) is 6.54 Å². The second-order valence-corrected chi connectivity index (χ2v) is 8.00. The van der Waals surface area contributed by atoms with Crippen LogP contribution in [0.25, 0.3) is 0 Å². The second-order valence-electron chi connectivity index (χ2n) is 7.21. The van der Waals surface area contributed by atoms with Crippen LogP contribution in [0.4, 0.5) is 0 Å². The summed E-state index contributed by atoms with van der Waals surface area (Å²) in [6, 6.07) is 5.81. The zero-order valence-corrected chi connectivity index (χ0v) is 15.8. The molecule has 0 spiro atoms. The Morgan fingerprint density at radius 2 is 1.75 bits per heavy atom. The second kappa shape index (κ2) is 8.35. The molecule has 0 radical (unpaired) electrons. The molecular formula is C18H27Cl2N3O. The number of likely N-dealkylation sites (tertiary alicyclic amines) is 1. The molecule has 0 saturated carbocycles. The standard InChI is InChI=1S/C18H27Cl2N3O/c1-21-5-7-22(8-6-21)10-15-11-23(12-16(15)13-24)9-14-3-2-4-17(19)18(14)20/h2-4,15-16,24H,5-13H2,1H3/t15-,16-/m1/s1. The Morgan fingerprint density at radius 1 is 1.04 bits per heavy atom. The number of nitrogens with zero attached hydrogens (tertiary/aromatic N) is 3. The van der Waals surface area contributed by atoms with Crippen molar-refractivity contribution < 1.29 is 5.11 Å². The fourth-order valence-electron chi connectivity index (χ4n) is 3.85. The number of halogens is 2. The molecule has 0 unspecified atom stereocenters. The van der Waals surface area contributed by atoms with Crippen molar-refractivity contribution >= 4 is 23.2 Å². The Morgan fingerprint density at radius 3 is 2.46 bits per heavy atom. The first kappa shape index (κ1) is 18.4. The minimum atomic E-state index is 0.262. The van der Waals surface area contributed by atoms with Gasteiger partial charge in [-0.25, -0.2) is 0 Å². The van der Waals surface area contributed by atoms with Crippen molar-refractivity contribution in [2.75, 3.05) is 59.5 Å². The summed E-state index contributed by atoms with van der Waals surface area (Å²) in [6.45, 7) is 8.62. The molecule has 2 saturated heterocycles. The average molecular weight is 372 g/mol. The van der Waals surface area contributed by atoms with Gasteiger partial charge in [-0.05, 0) is 30.5 Å². The summed E-state index contributed by atoms with van der Waals surface area (Å²) in [5, 5.41) is 11.1. The summed E-state index contributed by atoms with van der Waals surface area (Å²) in [5.41, 5.74) is 1.07. The van der Waals surface area contributed by atoms with Gasteiger partial charge in [0, 0.05) is 59.0 Å². The number of hydrogen-bond acceptors (Lipinski definition) is 4. The molecule has 6 heteroatoms. The van der Waals surface area contributed by atoms with Crippen molar-refractivity contribution in [3.63, 3.8) is 0 Å². The summed E-state index contributed by atoms with van der Waals surface area (Å²) in [4.78, 5) is 7.32. The third-order valence-electron chi connectivity index (χ3n) is 5.40. The van der Waals surface area contributed by atoms with Gasteiger partial charge in [-0.15, -0.1) is 0 Å². The number of hydrogen-bond donors (Lipinski definition) is 1. The van der Waals surface area contributed by atoms with Gasteiger partial charge in [0.05, 0.1) is 10.0 Å². The third kappa shape index (κ3) is 4.43. The van der Waals surface area contributed by atoms with Crippen molar-refractivity contribution in [1.82, 2.24) is 14.7 Å². The van der Waals surface area contributed by atoms with E-state index in [9.17, 15) is 5.11 Å². The van der Waals surface area contributed by atoms with Crippen molar-refractivity contribution in [3.05, 3.63) is 33.8 Å². The van der Waals surface area contributed by atoms with Crippen LogP contribution in [-0.2, 0) is 6.54 Å². The Kier molecular flexibility index (Phi) is 6.41. The van der Waals surface area contributed by atoms with Gasteiger partial charge in [-0.3, -0.25) is 4.90 Å². The molecule has 1 aromatic carbocycles. The monoisotopic (exact) mass is 371 g/mol. The Balaban J connectivity index is 1.58. The van der Waals surface area contributed by atoms with Crippen LogP contribution in [0.15, 0.2) is 18.2 Å². The highest BCUT2D eigenvalue weighted by molar-refractivity contribution is 6.42. The summed E-state index contributed by atoms with van der Waals surface area (Å²) in [6.07, 6.45) is 0. The van der Waals surface area contributed by atoms with E-state index in [4.69, 9.17) is 23.2 Å². The molecule has 134 valence electrons. The highest BCUT2D eigenvalue weighted by Crippen LogP contribution is 2.30. The molecule has 3 rings (SSSR count). The number of rotatable bonds is 5. The first-order valence-electron chi connectivity index (χ1n) is 8.74. The average Bonchev–Trinajstić information content (AvgIpc) is 2.95. The van der Waals surface area contributed by atoms with Crippen LogP contribution in [0.1, 0.15) is 5.56 Å². The minimum Gasteiger partial charge on any atom is -0.396 e. The molecule has 0 amide bonds. The molecule has 1 aromatic rings. The molecule has 2 atom stereocenters. The zero-order valence-electron chi connectivity index (χ0n) is 14.3. The van der Waals surface area contributed by atoms with Crippen LogP contribution < -0.4 is 0 Å². The van der Waals surface area contributed by atoms with E-state index >= 15 is 0 Å². The van der Waals surface area contributed by atoms with Crippen molar-refractivity contribution in [1.29, 1.82) is 0 Å². The number of aliphatic hydroxyl groups is 1. The van der Waals surface area contributed by atoms with Gasteiger partial charge in [0.2, 0.25) is 0 Å². The molecule has 0 bridgehead atoms. The minimum absolute atomic E-state index is 0.262. The maximum absolute atomic E-state index is 9.79. The molecule has 24 heavy (non-hydrogen) atoms. The molecule has 2 heterocycles. The fourth-order valence-corrected chi connectivity index (χ4v) is 4.23. The van der Waals surface area contributed by atoms with Crippen LogP contribution in [0.2, 0.25) is 10.0 Å². The van der Waals surface area contributed by atoms with E-state index in [2.05, 4.69) is 21.7 Å². The number of likely N-dealkylation sites (N-methyl/N-ethyl adjacent to an activating group) is 1. The summed E-state index contributed by atoms with van der Waals surface area (Å²) >= 11 is 12.5. The van der Waals surface area contributed by atoms with Gasteiger partial charge in [0.25, 0.3) is 0 Å². The van der Waals surface area contributed by atoms with Crippen LogP contribution >= 0.6 is 23.2 Å². The molecule has 1 N–H and O–H groups in total. The van der Waals surface area contributed by atoms with Crippen LogP contribution in [-0.4, -0.2) is 79.3 Å². The summed E-state index contributed by atoms with van der Waals surface area (Å²) in [7, 11) is 2.18. The van der Waals surface area contributed by atoms with E-state index in [-0.39, 0.29) is 6.61 Å². The summed E-state index contributed by atoms with van der Waals surface area (Å²) < 4.78 is 0. The van der Waals surface area contributed by atoms with Gasteiger partial charge in [-0.1, -0.05) is 35.3 Å². The summed E-state index contributed by atoms with van der Waals surface area (Å²) in [5.74, 6) is 0.874. The first-order chi connectivity index (χ1) is 11.6. The topological polar surface area (TPSA) is 30.0 Å². The quantitative estimate of drug-likeness (QED) is 0.859. The van der Waals surface area contributed by atoms with Gasteiger partial charge in [-0.2, -0.15) is 0 Å². The Labute approximate surface area is 154 Å². The third-order valence-corrected chi connectivity index (χ3v) is 6.26. The van der Waals surface area contributed by atoms with Crippen molar-refractivity contribution in [3.8, 4) is 0 Å². The first-order valence-corrected chi connectivity index (χ1v) is 9.49. The SMILES string of the molecule is CN1CCN(C[C@@H]2CN(Cc3cccc(Cl)c3Cl)C[C@@H]2CO)CC1. The van der Waals surface area contributed by atoms with Crippen molar-refractivity contribution in [2.24, 2.45) is 11.8 Å². The van der Waals surface area contributed by atoms with E-state index in [0.717, 1.165) is 57.9 Å². The maximum atomic E-state index is 9.79. The number of benzene rings is 1. The zero-order chi connectivity index (χ0) is 17.1. The number of aliphatic hydroxyl groups excluding tert-OH is 1. The van der Waals surface area contributed by atoms with E-state index < -0.39 is 0 Å². The molecular weight excluding hydrogens is 345 g/mol. The fraction of sp³-hybridized carbons (Fsp3) is 0.667. The largest absolute Gasteiger partial charge is 0.396 e. The smallest absolute Gasteiger partial charge is 0.0637 e. The van der Waals surface area contributed by atoms with Crippen LogP contribution in [0.3, 0.4) is 0 Å². The molecule has 0 aromatic heterocycles. The normalized spacial score (nSPS) is 27.0. The highest BCUT2D eigenvalue weighted by Gasteiger charge is 2.34. The molecule has 4 nitrogen and oxygen atoms in total. The predicted octanol–water partition coefficient (Wildman–Crippen LogP) is 2.28.